The van der Waals surface area contributed by atoms with Crippen LogP contribution in [-0.4, -0.2) is 26.1 Å². The third kappa shape index (κ3) is 5.15. The molecule has 0 fully saturated rings. The van der Waals surface area contributed by atoms with Gasteiger partial charge in [-0.3, -0.25) is 9.52 Å². The van der Waals surface area contributed by atoms with E-state index in [1.807, 2.05) is 6.92 Å². The standard InChI is InChI=1S/C13H15Cl2NO5S/c1-3-4-7-22(19,20)16-10-6-5-9(14)11(12(10)15)13(18)21-8(2)17/h5-6,16H,3-4,7H2,1-2H3. The van der Waals surface area contributed by atoms with Gasteiger partial charge in [0.2, 0.25) is 10.0 Å². The van der Waals surface area contributed by atoms with E-state index in [1.54, 1.807) is 0 Å². The summed E-state index contributed by atoms with van der Waals surface area (Å²) in [5, 5.41) is -0.272. The van der Waals surface area contributed by atoms with Crippen molar-refractivity contribution < 1.29 is 22.7 Å². The monoisotopic (exact) mass is 367 g/mol. The van der Waals surface area contributed by atoms with Gasteiger partial charge in [-0.1, -0.05) is 36.5 Å². The van der Waals surface area contributed by atoms with Crippen molar-refractivity contribution in [3.63, 3.8) is 0 Å². The van der Waals surface area contributed by atoms with Gasteiger partial charge < -0.3 is 4.74 Å². The first-order valence-electron chi connectivity index (χ1n) is 6.39. The molecule has 6 nitrogen and oxygen atoms in total. The number of benzene rings is 1. The maximum atomic E-state index is 11.9. The highest BCUT2D eigenvalue weighted by Gasteiger charge is 2.22. The van der Waals surface area contributed by atoms with Crippen molar-refractivity contribution in [2.75, 3.05) is 10.5 Å². The Labute approximate surface area is 138 Å². The fourth-order valence-corrected chi connectivity index (χ4v) is 3.46. The van der Waals surface area contributed by atoms with E-state index in [4.69, 9.17) is 23.2 Å². The summed E-state index contributed by atoms with van der Waals surface area (Å²) in [6.45, 7) is 2.91. The Hall–Kier alpha value is -1.31. The minimum Gasteiger partial charge on any atom is -0.390 e. The van der Waals surface area contributed by atoms with Crippen LogP contribution in [0.2, 0.25) is 10.0 Å². The fraction of sp³-hybridized carbons (Fsp3) is 0.385. The van der Waals surface area contributed by atoms with E-state index < -0.39 is 22.0 Å². The number of carbonyl (C=O) groups is 2. The van der Waals surface area contributed by atoms with E-state index in [1.165, 1.54) is 12.1 Å². The van der Waals surface area contributed by atoms with Crippen LogP contribution in [0.1, 0.15) is 37.0 Å². The maximum Gasteiger partial charge on any atom is 0.348 e. The molecule has 22 heavy (non-hydrogen) atoms. The Kier molecular flexibility index (Phi) is 6.65. The Morgan fingerprint density at radius 1 is 1.27 bits per heavy atom. The molecule has 0 aliphatic carbocycles. The molecule has 0 spiro atoms. The summed E-state index contributed by atoms with van der Waals surface area (Å²) < 4.78 is 30.5. The summed E-state index contributed by atoms with van der Waals surface area (Å²) in [5.41, 5.74) is -0.271. The van der Waals surface area contributed by atoms with Gasteiger partial charge in [-0.15, -0.1) is 0 Å². The Bertz CT molecular complexity index is 688. The quantitative estimate of drug-likeness (QED) is 0.615. The molecule has 0 heterocycles. The molecule has 1 N–H and O–H groups in total. The molecule has 0 aromatic heterocycles. The number of esters is 2. The molecule has 9 heteroatoms. The molecular weight excluding hydrogens is 353 g/mol. The van der Waals surface area contributed by atoms with Crippen LogP contribution < -0.4 is 4.72 Å². The van der Waals surface area contributed by atoms with Crippen LogP contribution in [-0.2, 0) is 19.6 Å². The minimum absolute atomic E-state index is 0.00216. The molecule has 0 unspecified atom stereocenters. The molecule has 1 rings (SSSR count). The zero-order valence-electron chi connectivity index (χ0n) is 12.0. The predicted molar refractivity (Wildman–Crippen MR) is 84.9 cm³/mol. The zero-order chi connectivity index (χ0) is 16.9. The van der Waals surface area contributed by atoms with Crippen LogP contribution in [0.3, 0.4) is 0 Å². The molecule has 0 aliphatic rings. The second kappa shape index (κ2) is 7.80. The van der Waals surface area contributed by atoms with Crippen molar-refractivity contribution in [1.29, 1.82) is 0 Å². The summed E-state index contributed by atoms with van der Waals surface area (Å²) in [6, 6.07) is 2.63. The average Bonchev–Trinajstić information content (AvgIpc) is 2.39. The number of anilines is 1. The third-order valence-corrected chi connectivity index (χ3v) is 4.63. The van der Waals surface area contributed by atoms with Crippen LogP contribution in [0, 0.1) is 0 Å². The Morgan fingerprint density at radius 3 is 2.45 bits per heavy atom. The van der Waals surface area contributed by atoms with E-state index >= 15 is 0 Å². The van der Waals surface area contributed by atoms with Crippen LogP contribution in [0.25, 0.3) is 0 Å². The smallest absolute Gasteiger partial charge is 0.348 e. The lowest BCUT2D eigenvalue weighted by molar-refractivity contribution is -0.135. The lowest BCUT2D eigenvalue weighted by atomic mass is 10.2. The van der Waals surface area contributed by atoms with Crippen molar-refractivity contribution in [3.8, 4) is 0 Å². The van der Waals surface area contributed by atoms with Crippen LogP contribution in [0.5, 0.6) is 0 Å². The third-order valence-electron chi connectivity index (χ3n) is 2.56. The summed E-state index contributed by atoms with van der Waals surface area (Å²) >= 11 is 11.9. The SMILES string of the molecule is CCCCS(=O)(=O)Nc1ccc(Cl)c(C(=O)OC(C)=O)c1Cl. The highest BCUT2D eigenvalue weighted by molar-refractivity contribution is 7.92. The molecule has 122 valence electrons. The van der Waals surface area contributed by atoms with Crippen LogP contribution >= 0.6 is 23.2 Å². The van der Waals surface area contributed by atoms with Gasteiger partial charge in [0.1, 0.15) is 0 Å². The zero-order valence-corrected chi connectivity index (χ0v) is 14.3. The number of nitrogens with one attached hydrogen (secondary N) is 1. The second-order valence-corrected chi connectivity index (χ2v) is 7.07. The molecule has 1 aromatic carbocycles. The molecule has 0 amide bonds. The highest BCUT2D eigenvalue weighted by atomic mass is 35.5. The van der Waals surface area contributed by atoms with Gasteiger partial charge >= 0.3 is 11.9 Å². The normalized spacial score (nSPS) is 11.1. The topological polar surface area (TPSA) is 89.5 Å². The van der Waals surface area contributed by atoms with Gasteiger partial charge in [0, 0.05) is 6.92 Å². The molecule has 0 atom stereocenters. The van der Waals surface area contributed by atoms with Crippen molar-refractivity contribution in [1.82, 2.24) is 0 Å². The summed E-state index contributed by atoms with van der Waals surface area (Å²) in [4.78, 5) is 22.6. The van der Waals surface area contributed by atoms with Crippen molar-refractivity contribution in [2.45, 2.75) is 26.7 Å². The van der Waals surface area contributed by atoms with Crippen molar-refractivity contribution in [2.24, 2.45) is 0 Å². The van der Waals surface area contributed by atoms with E-state index in [0.29, 0.717) is 12.8 Å². The number of halogens is 2. The molecular formula is C13H15Cl2NO5S. The maximum absolute atomic E-state index is 11.9. The summed E-state index contributed by atoms with van der Waals surface area (Å²) in [7, 11) is -3.59. The first-order chi connectivity index (χ1) is 10.2. The predicted octanol–water partition coefficient (Wildman–Crippen LogP) is 3.24. The van der Waals surface area contributed by atoms with E-state index in [0.717, 1.165) is 6.92 Å². The van der Waals surface area contributed by atoms with Gasteiger partial charge in [0.25, 0.3) is 0 Å². The number of hydrogen-bond acceptors (Lipinski definition) is 5. The Morgan fingerprint density at radius 2 is 1.91 bits per heavy atom. The number of hydrogen-bond donors (Lipinski definition) is 1. The molecule has 1 aromatic rings. The van der Waals surface area contributed by atoms with E-state index in [9.17, 15) is 18.0 Å². The average molecular weight is 368 g/mol. The number of ether oxygens (including phenoxy) is 1. The highest BCUT2D eigenvalue weighted by Crippen LogP contribution is 2.33. The minimum atomic E-state index is -3.59. The largest absolute Gasteiger partial charge is 0.390 e. The van der Waals surface area contributed by atoms with E-state index in [2.05, 4.69) is 9.46 Å². The van der Waals surface area contributed by atoms with Crippen molar-refractivity contribution >= 4 is 50.9 Å². The number of unbranched alkanes of at least 4 members (excludes halogenated alkanes) is 1. The van der Waals surface area contributed by atoms with Crippen LogP contribution in [0.15, 0.2) is 12.1 Å². The van der Waals surface area contributed by atoms with Gasteiger partial charge in [-0.2, -0.15) is 0 Å². The van der Waals surface area contributed by atoms with Crippen LogP contribution in [0.4, 0.5) is 5.69 Å². The summed E-state index contributed by atoms with van der Waals surface area (Å²) in [6.07, 6.45) is 1.20. The lowest BCUT2D eigenvalue weighted by Crippen LogP contribution is -2.18. The van der Waals surface area contributed by atoms with Gasteiger partial charge in [-0.25, -0.2) is 13.2 Å². The van der Waals surface area contributed by atoms with E-state index in [-0.39, 0.29) is 27.0 Å². The molecule has 0 bridgehead atoms. The number of carbonyl (C=O) groups excluding carboxylic acids is 2. The molecule has 0 radical (unpaired) electrons. The molecule has 0 aliphatic heterocycles. The molecule has 0 saturated carbocycles. The van der Waals surface area contributed by atoms with Gasteiger partial charge in [0.05, 0.1) is 27.0 Å². The first kappa shape index (κ1) is 18.7. The summed E-state index contributed by atoms with van der Waals surface area (Å²) in [5.74, 6) is -1.95. The van der Waals surface area contributed by atoms with Gasteiger partial charge in [-0.05, 0) is 18.6 Å². The number of rotatable bonds is 6. The molecule has 0 saturated heterocycles. The van der Waals surface area contributed by atoms with Crippen molar-refractivity contribution in [3.05, 3.63) is 27.7 Å². The van der Waals surface area contributed by atoms with Gasteiger partial charge in [0.15, 0.2) is 0 Å². The Balaban J connectivity index is 3.14. The fourth-order valence-electron chi connectivity index (χ4n) is 1.55. The second-order valence-electron chi connectivity index (χ2n) is 4.44. The first-order valence-corrected chi connectivity index (χ1v) is 8.80. The lowest BCUT2D eigenvalue weighted by Gasteiger charge is -2.12. The number of sulfonamides is 1.